The molecule has 0 saturated carbocycles. The number of nitrogens with zero attached hydrogens (tertiary/aromatic N) is 2. The normalized spacial score (nSPS) is 24.3. The zero-order valence-electron chi connectivity index (χ0n) is 10.9. The molecule has 5 heteroatoms. The van der Waals surface area contributed by atoms with E-state index in [0.717, 1.165) is 29.7 Å². The van der Waals surface area contributed by atoms with Crippen molar-refractivity contribution in [1.82, 2.24) is 9.47 Å². The lowest BCUT2D eigenvalue weighted by Crippen LogP contribution is -2.49. The summed E-state index contributed by atoms with van der Waals surface area (Å²) in [6.45, 7) is 6.44. The molecule has 1 aliphatic heterocycles. The molecule has 1 aromatic heterocycles. The van der Waals surface area contributed by atoms with Gasteiger partial charge in [0.1, 0.15) is 5.69 Å². The zero-order valence-corrected chi connectivity index (χ0v) is 12.5. The molecular weight excluding hydrogens is 294 g/mol. The van der Waals surface area contributed by atoms with E-state index in [9.17, 15) is 4.79 Å². The van der Waals surface area contributed by atoms with E-state index in [1.54, 1.807) is 0 Å². The molecule has 0 spiro atoms. The summed E-state index contributed by atoms with van der Waals surface area (Å²) in [5.41, 5.74) is 6.74. The fourth-order valence-electron chi connectivity index (χ4n) is 2.64. The van der Waals surface area contributed by atoms with Crippen LogP contribution in [0.25, 0.3) is 0 Å². The van der Waals surface area contributed by atoms with Crippen LogP contribution < -0.4 is 5.73 Å². The van der Waals surface area contributed by atoms with Crippen LogP contribution in [-0.4, -0.2) is 34.5 Å². The van der Waals surface area contributed by atoms with Gasteiger partial charge in [0.2, 0.25) is 0 Å². The van der Waals surface area contributed by atoms with Gasteiger partial charge in [-0.1, -0.05) is 6.92 Å². The van der Waals surface area contributed by atoms with Crippen molar-refractivity contribution in [2.24, 2.45) is 11.7 Å². The topological polar surface area (TPSA) is 51.3 Å². The van der Waals surface area contributed by atoms with E-state index < -0.39 is 0 Å². The van der Waals surface area contributed by atoms with Crippen molar-refractivity contribution in [2.45, 2.75) is 32.9 Å². The Morgan fingerprint density at radius 1 is 1.56 bits per heavy atom. The van der Waals surface area contributed by atoms with E-state index in [-0.39, 0.29) is 11.9 Å². The highest BCUT2D eigenvalue weighted by atomic mass is 79.9. The maximum atomic E-state index is 12.5. The first-order valence-electron chi connectivity index (χ1n) is 6.41. The fraction of sp³-hybridized carbons (Fsp3) is 0.615. The molecule has 1 aliphatic rings. The summed E-state index contributed by atoms with van der Waals surface area (Å²) in [5, 5.41) is 0. The van der Waals surface area contributed by atoms with Gasteiger partial charge >= 0.3 is 0 Å². The molecule has 100 valence electrons. The van der Waals surface area contributed by atoms with Crippen molar-refractivity contribution < 1.29 is 4.79 Å². The molecule has 4 nitrogen and oxygen atoms in total. The van der Waals surface area contributed by atoms with Crippen molar-refractivity contribution in [3.8, 4) is 0 Å². The Balaban J connectivity index is 2.19. The van der Waals surface area contributed by atoms with E-state index in [1.807, 2.05) is 28.7 Å². The predicted octanol–water partition coefficient (Wildman–Crippen LogP) is 2.08. The second-order valence-electron chi connectivity index (χ2n) is 5.14. The Labute approximate surface area is 116 Å². The Morgan fingerprint density at radius 3 is 2.89 bits per heavy atom. The highest BCUT2D eigenvalue weighted by molar-refractivity contribution is 9.10. The molecule has 2 N–H and O–H groups in total. The lowest BCUT2D eigenvalue weighted by molar-refractivity contribution is 0.0650. The molecule has 1 aromatic rings. The molecule has 1 saturated heterocycles. The minimum absolute atomic E-state index is 0.0875. The molecule has 0 bridgehead atoms. The van der Waals surface area contributed by atoms with Crippen LogP contribution in [0.1, 0.15) is 30.8 Å². The summed E-state index contributed by atoms with van der Waals surface area (Å²) in [5.74, 6) is 0.565. The molecule has 2 atom stereocenters. The lowest BCUT2D eigenvalue weighted by atomic mass is 9.96. The fourth-order valence-corrected chi connectivity index (χ4v) is 3.11. The second kappa shape index (κ2) is 5.45. The number of aromatic nitrogens is 1. The Hall–Kier alpha value is -0.810. The van der Waals surface area contributed by atoms with Crippen molar-refractivity contribution in [3.63, 3.8) is 0 Å². The predicted molar refractivity (Wildman–Crippen MR) is 75.5 cm³/mol. The van der Waals surface area contributed by atoms with Gasteiger partial charge in [-0.15, -0.1) is 0 Å². The molecule has 1 fully saturated rings. The second-order valence-corrected chi connectivity index (χ2v) is 6.06. The van der Waals surface area contributed by atoms with E-state index in [0.29, 0.717) is 12.5 Å². The number of carbonyl (C=O) groups excluding carboxylic acids is 1. The monoisotopic (exact) mass is 313 g/mol. The van der Waals surface area contributed by atoms with Crippen LogP contribution >= 0.6 is 15.9 Å². The number of rotatable bonds is 2. The van der Waals surface area contributed by atoms with Gasteiger partial charge < -0.3 is 15.2 Å². The van der Waals surface area contributed by atoms with Crippen LogP contribution in [0.4, 0.5) is 0 Å². The Bertz CT molecular complexity index is 433. The summed E-state index contributed by atoms with van der Waals surface area (Å²) in [4.78, 5) is 14.4. The Kier molecular flexibility index (Phi) is 4.12. The number of amides is 1. The first-order valence-corrected chi connectivity index (χ1v) is 7.21. The van der Waals surface area contributed by atoms with Crippen LogP contribution in [0, 0.1) is 5.92 Å². The number of nitrogens with two attached hydrogens (primary N) is 1. The molecular formula is C13H20BrN3O. The first kappa shape index (κ1) is 13.6. The van der Waals surface area contributed by atoms with Crippen LogP contribution in [0.5, 0.6) is 0 Å². The molecule has 2 unspecified atom stereocenters. The van der Waals surface area contributed by atoms with Gasteiger partial charge in [0.15, 0.2) is 0 Å². The van der Waals surface area contributed by atoms with Gasteiger partial charge in [0, 0.05) is 36.3 Å². The Morgan fingerprint density at radius 2 is 2.28 bits per heavy atom. The third kappa shape index (κ3) is 2.78. The zero-order chi connectivity index (χ0) is 13.3. The average molecular weight is 314 g/mol. The minimum Gasteiger partial charge on any atom is -0.343 e. The number of piperidine rings is 1. The van der Waals surface area contributed by atoms with Gasteiger partial charge in [-0.25, -0.2) is 0 Å². The maximum absolute atomic E-state index is 12.5. The minimum atomic E-state index is 0.0875. The molecule has 0 aromatic carbocycles. The molecule has 0 aliphatic carbocycles. The molecule has 2 heterocycles. The largest absolute Gasteiger partial charge is 0.343 e. The number of hydrogen-bond donors (Lipinski definition) is 1. The standard InChI is InChI=1S/C13H20BrN3O/c1-3-16-7-10(14)5-12(16)13(18)17-6-9(2)4-11(15)8-17/h5,7,9,11H,3-4,6,8,15H2,1-2H3. The van der Waals surface area contributed by atoms with E-state index in [4.69, 9.17) is 5.73 Å². The number of likely N-dealkylation sites (tertiary alicyclic amines) is 1. The highest BCUT2D eigenvalue weighted by Crippen LogP contribution is 2.20. The van der Waals surface area contributed by atoms with Crippen molar-refractivity contribution in [1.29, 1.82) is 0 Å². The SMILES string of the molecule is CCn1cc(Br)cc1C(=O)N1CC(C)CC(N)C1. The van der Waals surface area contributed by atoms with Crippen LogP contribution in [0.2, 0.25) is 0 Å². The van der Waals surface area contributed by atoms with Crippen LogP contribution in [0.3, 0.4) is 0 Å². The first-order chi connectivity index (χ1) is 8.51. The smallest absolute Gasteiger partial charge is 0.270 e. The number of aryl methyl sites for hydroxylation is 1. The molecule has 0 radical (unpaired) electrons. The van der Waals surface area contributed by atoms with Crippen LogP contribution in [-0.2, 0) is 6.54 Å². The summed E-state index contributed by atoms with van der Waals surface area (Å²) in [6.07, 6.45) is 2.95. The quantitative estimate of drug-likeness (QED) is 0.909. The van der Waals surface area contributed by atoms with Gasteiger partial charge in [-0.05, 0) is 41.3 Å². The third-order valence-corrected chi connectivity index (χ3v) is 3.84. The summed E-state index contributed by atoms with van der Waals surface area (Å²) < 4.78 is 2.92. The molecule has 18 heavy (non-hydrogen) atoms. The maximum Gasteiger partial charge on any atom is 0.270 e. The van der Waals surface area contributed by atoms with Crippen molar-refractivity contribution in [3.05, 3.63) is 22.4 Å². The van der Waals surface area contributed by atoms with Crippen molar-refractivity contribution in [2.75, 3.05) is 13.1 Å². The van der Waals surface area contributed by atoms with Crippen LogP contribution in [0.15, 0.2) is 16.7 Å². The number of halogens is 1. The number of hydrogen-bond acceptors (Lipinski definition) is 2. The summed E-state index contributed by atoms with van der Waals surface area (Å²) in [6, 6.07) is 1.99. The van der Waals surface area contributed by atoms with E-state index in [1.165, 1.54) is 0 Å². The van der Waals surface area contributed by atoms with Gasteiger partial charge in [-0.2, -0.15) is 0 Å². The van der Waals surface area contributed by atoms with E-state index >= 15 is 0 Å². The number of carbonyl (C=O) groups is 1. The lowest BCUT2D eigenvalue weighted by Gasteiger charge is -2.34. The van der Waals surface area contributed by atoms with E-state index in [2.05, 4.69) is 22.9 Å². The van der Waals surface area contributed by atoms with Gasteiger partial charge in [0.05, 0.1) is 0 Å². The molecule has 1 amide bonds. The third-order valence-electron chi connectivity index (χ3n) is 3.40. The summed E-state index contributed by atoms with van der Waals surface area (Å²) in [7, 11) is 0. The van der Waals surface area contributed by atoms with Crippen molar-refractivity contribution >= 4 is 21.8 Å². The molecule has 2 rings (SSSR count). The highest BCUT2D eigenvalue weighted by Gasteiger charge is 2.27. The average Bonchev–Trinajstić information content (AvgIpc) is 2.68. The van der Waals surface area contributed by atoms with Gasteiger partial charge in [0.25, 0.3) is 5.91 Å². The van der Waals surface area contributed by atoms with Gasteiger partial charge in [-0.3, -0.25) is 4.79 Å². The summed E-state index contributed by atoms with van der Waals surface area (Å²) >= 11 is 3.42.